The van der Waals surface area contributed by atoms with Crippen molar-refractivity contribution in [3.05, 3.63) is 84.2 Å². The van der Waals surface area contributed by atoms with Crippen molar-refractivity contribution >= 4 is 29.0 Å². The lowest BCUT2D eigenvalue weighted by Gasteiger charge is -2.12. The molecule has 1 aromatic heterocycles. The fraction of sp³-hybridized carbons (Fsp3) is 0.143. The average Bonchev–Trinajstić information content (AvgIpc) is 2.68. The van der Waals surface area contributed by atoms with E-state index in [0.29, 0.717) is 5.56 Å². The van der Waals surface area contributed by atoms with Gasteiger partial charge in [0, 0.05) is 54.1 Å². The number of thioether (sulfide) groups is 1. The third kappa shape index (κ3) is 4.86. The second kappa shape index (κ2) is 8.54. The Balaban J connectivity index is 1.57. The summed E-state index contributed by atoms with van der Waals surface area (Å²) in [4.78, 5) is 19.6. The van der Waals surface area contributed by atoms with Crippen LogP contribution in [-0.2, 0) is 5.75 Å². The van der Waals surface area contributed by atoms with Crippen molar-refractivity contribution in [3.63, 3.8) is 0 Å². The Labute approximate surface area is 158 Å². The van der Waals surface area contributed by atoms with Gasteiger partial charge >= 0.3 is 0 Å². The normalized spacial score (nSPS) is 10.4. The van der Waals surface area contributed by atoms with Crippen molar-refractivity contribution in [1.29, 1.82) is 0 Å². The van der Waals surface area contributed by atoms with Crippen molar-refractivity contribution in [2.75, 3.05) is 24.3 Å². The van der Waals surface area contributed by atoms with E-state index >= 15 is 0 Å². The molecule has 5 heteroatoms. The molecule has 0 aliphatic carbocycles. The maximum atomic E-state index is 12.4. The number of nitrogens with zero attached hydrogens (tertiary/aromatic N) is 2. The Morgan fingerprint density at radius 1 is 1.04 bits per heavy atom. The number of amides is 1. The lowest BCUT2D eigenvalue weighted by molar-refractivity contribution is 0.102. The maximum absolute atomic E-state index is 12.4. The minimum Gasteiger partial charge on any atom is -0.378 e. The van der Waals surface area contributed by atoms with Crippen LogP contribution >= 0.6 is 11.8 Å². The number of anilines is 2. The molecule has 4 nitrogen and oxygen atoms in total. The van der Waals surface area contributed by atoms with E-state index in [1.54, 1.807) is 18.0 Å². The first kappa shape index (κ1) is 18.0. The van der Waals surface area contributed by atoms with Gasteiger partial charge < -0.3 is 10.2 Å². The smallest absolute Gasteiger partial charge is 0.255 e. The molecule has 1 heterocycles. The molecule has 0 unspecified atom stereocenters. The summed E-state index contributed by atoms with van der Waals surface area (Å²) in [5.41, 5.74) is 3.69. The van der Waals surface area contributed by atoms with E-state index in [4.69, 9.17) is 0 Å². The molecule has 3 aromatic rings. The topological polar surface area (TPSA) is 45.2 Å². The van der Waals surface area contributed by atoms with Crippen LogP contribution in [0.3, 0.4) is 0 Å². The zero-order valence-corrected chi connectivity index (χ0v) is 15.7. The third-order valence-corrected chi connectivity index (χ3v) is 4.97. The lowest BCUT2D eigenvalue weighted by Crippen LogP contribution is -2.13. The number of nitrogens with one attached hydrogen (secondary N) is 1. The van der Waals surface area contributed by atoms with E-state index in [-0.39, 0.29) is 5.91 Å². The summed E-state index contributed by atoms with van der Waals surface area (Å²) in [5, 5.41) is 2.94. The van der Waals surface area contributed by atoms with Crippen LogP contribution in [0.25, 0.3) is 0 Å². The van der Waals surface area contributed by atoms with Crippen molar-refractivity contribution in [2.24, 2.45) is 0 Å². The Morgan fingerprint density at radius 2 is 1.77 bits per heavy atom. The summed E-state index contributed by atoms with van der Waals surface area (Å²) in [6.45, 7) is 0. The fourth-order valence-electron chi connectivity index (χ4n) is 2.40. The predicted octanol–water partition coefficient (Wildman–Crippen LogP) is 4.69. The highest BCUT2D eigenvalue weighted by atomic mass is 32.2. The second-order valence-corrected chi connectivity index (χ2v) is 7.12. The number of pyridine rings is 1. The molecule has 1 N–H and O–H groups in total. The first-order valence-electron chi connectivity index (χ1n) is 8.32. The molecule has 0 fully saturated rings. The van der Waals surface area contributed by atoms with Crippen LogP contribution in [0.1, 0.15) is 15.9 Å². The van der Waals surface area contributed by atoms with E-state index in [1.165, 1.54) is 5.56 Å². The van der Waals surface area contributed by atoms with Crippen molar-refractivity contribution in [2.45, 2.75) is 10.6 Å². The third-order valence-electron chi connectivity index (χ3n) is 3.89. The molecular formula is C21H21N3OS. The summed E-state index contributed by atoms with van der Waals surface area (Å²) in [7, 11) is 3.95. The van der Waals surface area contributed by atoms with E-state index in [0.717, 1.165) is 22.0 Å². The highest BCUT2D eigenvalue weighted by Gasteiger charge is 2.07. The van der Waals surface area contributed by atoms with Crippen LogP contribution in [-0.4, -0.2) is 25.0 Å². The predicted molar refractivity (Wildman–Crippen MR) is 109 cm³/mol. The van der Waals surface area contributed by atoms with Gasteiger partial charge in [-0.25, -0.2) is 0 Å². The molecule has 0 spiro atoms. The Bertz CT molecular complexity index is 847. The second-order valence-electron chi connectivity index (χ2n) is 6.07. The van der Waals surface area contributed by atoms with Gasteiger partial charge in [0.25, 0.3) is 5.91 Å². The van der Waals surface area contributed by atoms with Gasteiger partial charge in [0.2, 0.25) is 0 Å². The first-order chi connectivity index (χ1) is 12.6. The number of carbonyl (C=O) groups excluding carboxylic acids is 1. The minimum atomic E-state index is -0.105. The minimum absolute atomic E-state index is 0.105. The summed E-state index contributed by atoms with van der Waals surface area (Å²) >= 11 is 1.74. The standard InChI is InChI=1S/C21H21N3OS/c1-24(2)19-9-5-17(6-10-19)21(25)23-18-7-11-20(12-8-18)26-15-16-4-3-13-22-14-16/h3-14H,15H2,1-2H3,(H,23,25). The number of aromatic nitrogens is 1. The molecule has 0 bridgehead atoms. The monoisotopic (exact) mass is 363 g/mol. The zero-order valence-electron chi connectivity index (χ0n) is 14.8. The Morgan fingerprint density at radius 3 is 2.38 bits per heavy atom. The van der Waals surface area contributed by atoms with Gasteiger partial charge in [-0.3, -0.25) is 9.78 Å². The van der Waals surface area contributed by atoms with E-state index in [9.17, 15) is 4.79 Å². The number of rotatable bonds is 6. The summed E-state index contributed by atoms with van der Waals surface area (Å²) in [6, 6.07) is 19.5. The van der Waals surface area contributed by atoms with Crippen LogP contribution in [0.4, 0.5) is 11.4 Å². The summed E-state index contributed by atoms with van der Waals surface area (Å²) in [5.74, 6) is 0.767. The fourth-order valence-corrected chi connectivity index (χ4v) is 3.23. The highest BCUT2D eigenvalue weighted by Crippen LogP contribution is 2.24. The van der Waals surface area contributed by atoms with Gasteiger partial charge in [0.15, 0.2) is 0 Å². The first-order valence-corrected chi connectivity index (χ1v) is 9.31. The van der Waals surface area contributed by atoms with Crippen molar-refractivity contribution in [1.82, 2.24) is 4.98 Å². The molecule has 3 rings (SSSR count). The Hall–Kier alpha value is -2.79. The van der Waals surface area contributed by atoms with Crippen LogP contribution in [0.5, 0.6) is 0 Å². The lowest BCUT2D eigenvalue weighted by atomic mass is 10.2. The van der Waals surface area contributed by atoms with Crippen molar-refractivity contribution in [3.8, 4) is 0 Å². The molecule has 0 atom stereocenters. The van der Waals surface area contributed by atoms with Gasteiger partial charge in [-0.1, -0.05) is 6.07 Å². The van der Waals surface area contributed by atoms with Gasteiger partial charge in [-0.05, 0) is 60.2 Å². The largest absolute Gasteiger partial charge is 0.378 e. The molecule has 26 heavy (non-hydrogen) atoms. The molecule has 0 aliphatic heterocycles. The highest BCUT2D eigenvalue weighted by molar-refractivity contribution is 7.98. The van der Waals surface area contributed by atoms with Crippen molar-refractivity contribution < 1.29 is 4.79 Å². The van der Waals surface area contributed by atoms with E-state index < -0.39 is 0 Å². The van der Waals surface area contributed by atoms with E-state index in [2.05, 4.69) is 16.4 Å². The maximum Gasteiger partial charge on any atom is 0.255 e. The van der Waals surface area contributed by atoms with Gasteiger partial charge in [-0.15, -0.1) is 11.8 Å². The molecule has 0 radical (unpaired) electrons. The van der Waals surface area contributed by atoms with Crippen LogP contribution in [0, 0.1) is 0 Å². The Kier molecular flexibility index (Phi) is 5.92. The quantitative estimate of drug-likeness (QED) is 0.645. The number of hydrogen-bond acceptors (Lipinski definition) is 4. The SMILES string of the molecule is CN(C)c1ccc(C(=O)Nc2ccc(SCc3cccnc3)cc2)cc1. The molecule has 2 aromatic carbocycles. The van der Waals surface area contributed by atoms with Gasteiger partial charge in [0.1, 0.15) is 0 Å². The average molecular weight is 363 g/mol. The van der Waals surface area contributed by atoms with Crippen LogP contribution in [0.2, 0.25) is 0 Å². The van der Waals surface area contributed by atoms with Gasteiger partial charge in [0.05, 0.1) is 0 Å². The number of carbonyl (C=O) groups is 1. The zero-order chi connectivity index (χ0) is 18.4. The number of benzene rings is 2. The van der Waals surface area contributed by atoms with Crippen LogP contribution < -0.4 is 10.2 Å². The molecule has 0 saturated heterocycles. The molecule has 132 valence electrons. The summed E-state index contributed by atoms with van der Waals surface area (Å²) < 4.78 is 0. The van der Waals surface area contributed by atoms with Gasteiger partial charge in [-0.2, -0.15) is 0 Å². The molecule has 0 saturated carbocycles. The van der Waals surface area contributed by atoms with Crippen LogP contribution in [0.15, 0.2) is 78.0 Å². The molecular weight excluding hydrogens is 342 g/mol. The van der Waals surface area contributed by atoms with E-state index in [1.807, 2.05) is 79.8 Å². The molecule has 0 aliphatic rings. The number of hydrogen-bond donors (Lipinski definition) is 1. The summed E-state index contributed by atoms with van der Waals surface area (Å²) in [6.07, 6.45) is 3.66. The molecule has 1 amide bonds.